The predicted molar refractivity (Wildman–Crippen MR) is 144 cm³/mol. The molecule has 3 heterocycles. The molecule has 0 radical (unpaired) electrons. The summed E-state index contributed by atoms with van der Waals surface area (Å²) in [7, 11) is 0. The van der Waals surface area contributed by atoms with Gasteiger partial charge in [0, 0.05) is 31.7 Å². The average Bonchev–Trinajstić information content (AvgIpc) is 3.30. The van der Waals surface area contributed by atoms with E-state index in [2.05, 4.69) is 35.2 Å². The van der Waals surface area contributed by atoms with Gasteiger partial charge < -0.3 is 20.3 Å². The molecule has 2 aromatic rings. The van der Waals surface area contributed by atoms with Crippen LogP contribution >= 0.6 is 0 Å². The first-order chi connectivity index (χ1) is 18.6. The van der Waals surface area contributed by atoms with Crippen LogP contribution < -0.4 is 5.73 Å². The Hall–Kier alpha value is -3.25. The van der Waals surface area contributed by atoms with Crippen molar-refractivity contribution in [2.24, 2.45) is 5.73 Å². The fraction of sp³-hybridized carbons (Fsp3) is 0.500. The van der Waals surface area contributed by atoms with E-state index in [0.29, 0.717) is 39.3 Å². The molecule has 8 heteroatoms. The third kappa shape index (κ3) is 5.60. The molecule has 2 amide bonds. The zero-order valence-corrected chi connectivity index (χ0v) is 21.8. The number of ether oxygens (including phenoxy) is 1. The van der Waals surface area contributed by atoms with E-state index in [4.69, 9.17) is 10.5 Å². The van der Waals surface area contributed by atoms with Crippen molar-refractivity contribution in [2.45, 2.75) is 62.3 Å². The van der Waals surface area contributed by atoms with Crippen LogP contribution in [0.15, 0.2) is 60.7 Å². The van der Waals surface area contributed by atoms with Gasteiger partial charge in [-0.2, -0.15) is 5.26 Å². The molecule has 5 rings (SSSR count). The van der Waals surface area contributed by atoms with E-state index in [9.17, 15) is 14.9 Å². The highest BCUT2D eigenvalue weighted by atomic mass is 16.5. The highest BCUT2D eigenvalue weighted by Crippen LogP contribution is 2.32. The third-order valence-corrected chi connectivity index (χ3v) is 8.26. The van der Waals surface area contributed by atoms with Gasteiger partial charge in [0.05, 0.1) is 37.8 Å². The SMILES string of the molecule is N#CC[C@H](C(=O)N1CCOC[C@H]1c1ccccc1)N1CCC(CCc2ccccc2)N2C[C@H](N)C[C@H]2C1=O. The van der Waals surface area contributed by atoms with Crippen LogP contribution in [0.2, 0.25) is 0 Å². The summed E-state index contributed by atoms with van der Waals surface area (Å²) in [4.78, 5) is 33.8. The number of aryl methyl sites for hydroxylation is 1. The van der Waals surface area contributed by atoms with Crippen molar-refractivity contribution in [3.63, 3.8) is 0 Å². The van der Waals surface area contributed by atoms with E-state index in [-0.39, 0.29) is 42.4 Å². The smallest absolute Gasteiger partial charge is 0.247 e. The Bertz CT molecular complexity index is 1140. The predicted octanol–water partition coefficient (Wildman–Crippen LogP) is 2.50. The van der Waals surface area contributed by atoms with Crippen molar-refractivity contribution in [3.8, 4) is 6.07 Å². The van der Waals surface area contributed by atoms with Gasteiger partial charge in [-0.15, -0.1) is 0 Å². The van der Waals surface area contributed by atoms with E-state index in [1.807, 2.05) is 41.3 Å². The Morgan fingerprint density at radius 1 is 1.08 bits per heavy atom. The zero-order chi connectivity index (χ0) is 26.5. The van der Waals surface area contributed by atoms with Gasteiger partial charge in [0.2, 0.25) is 11.8 Å². The fourth-order valence-electron chi connectivity index (χ4n) is 6.32. The molecule has 5 atom stereocenters. The molecule has 38 heavy (non-hydrogen) atoms. The molecule has 0 aliphatic carbocycles. The number of benzene rings is 2. The van der Waals surface area contributed by atoms with Crippen molar-refractivity contribution >= 4 is 11.8 Å². The van der Waals surface area contributed by atoms with Crippen LogP contribution in [0, 0.1) is 11.3 Å². The molecule has 3 fully saturated rings. The van der Waals surface area contributed by atoms with Crippen molar-refractivity contribution in [3.05, 3.63) is 71.8 Å². The van der Waals surface area contributed by atoms with Gasteiger partial charge in [-0.3, -0.25) is 14.5 Å². The summed E-state index contributed by atoms with van der Waals surface area (Å²) in [6.07, 6.45) is 3.14. The molecule has 3 aliphatic rings. The molecule has 0 aromatic heterocycles. The molecule has 3 saturated heterocycles. The molecule has 2 aromatic carbocycles. The van der Waals surface area contributed by atoms with E-state index < -0.39 is 6.04 Å². The summed E-state index contributed by atoms with van der Waals surface area (Å²) in [6, 6.07) is 21.1. The Balaban J connectivity index is 1.38. The zero-order valence-electron chi connectivity index (χ0n) is 21.8. The molecule has 8 nitrogen and oxygen atoms in total. The number of nitrogens with zero attached hydrogens (tertiary/aromatic N) is 4. The molecule has 0 bridgehead atoms. The number of fused-ring (bicyclic) bond motifs is 1. The maximum atomic E-state index is 14.1. The highest BCUT2D eigenvalue weighted by Gasteiger charge is 2.46. The van der Waals surface area contributed by atoms with E-state index in [1.54, 1.807) is 4.90 Å². The number of nitrogens with two attached hydrogens (primary N) is 1. The second-order valence-electron chi connectivity index (χ2n) is 10.6. The summed E-state index contributed by atoms with van der Waals surface area (Å²) in [5, 5.41) is 9.73. The molecule has 2 N–H and O–H groups in total. The lowest BCUT2D eigenvalue weighted by Gasteiger charge is -2.40. The number of morpholine rings is 1. The maximum Gasteiger partial charge on any atom is 0.247 e. The maximum absolute atomic E-state index is 14.1. The number of carbonyl (C=O) groups is 2. The molecule has 0 saturated carbocycles. The topological polar surface area (TPSA) is 103 Å². The number of carbonyl (C=O) groups excluding carboxylic acids is 2. The van der Waals surface area contributed by atoms with Crippen LogP contribution in [0.1, 0.15) is 42.9 Å². The summed E-state index contributed by atoms with van der Waals surface area (Å²) in [6.45, 7) is 2.41. The molecule has 0 spiro atoms. The first-order valence-electron chi connectivity index (χ1n) is 13.7. The summed E-state index contributed by atoms with van der Waals surface area (Å²) in [5.74, 6) is -0.244. The van der Waals surface area contributed by atoms with Gasteiger partial charge in [0.25, 0.3) is 0 Å². The van der Waals surface area contributed by atoms with Crippen molar-refractivity contribution < 1.29 is 14.3 Å². The lowest BCUT2D eigenvalue weighted by Crippen LogP contribution is -2.56. The van der Waals surface area contributed by atoms with Crippen molar-refractivity contribution in [1.82, 2.24) is 14.7 Å². The molecule has 3 aliphatic heterocycles. The Labute approximate surface area is 224 Å². The monoisotopic (exact) mass is 515 g/mol. The van der Waals surface area contributed by atoms with Crippen LogP contribution in [-0.4, -0.2) is 83.5 Å². The molecular weight excluding hydrogens is 478 g/mol. The van der Waals surface area contributed by atoms with Gasteiger partial charge in [-0.25, -0.2) is 0 Å². The molecule has 200 valence electrons. The average molecular weight is 516 g/mol. The second-order valence-corrected chi connectivity index (χ2v) is 10.6. The van der Waals surface area contributed by atoms with Crippen LogP contribution in [0.5, 0.6) is 0 Å². The van der Waals surface area contributed by atoms with E-state index in [0.717, 1.165) is 24.8 Å². The minimum absolute atomic E-state index is 0.0309. The van der Waals surface area contributed by atoms with Gasteiger partial charge in [0.15, 0.2) is 0 Å². The van der Waals surface area contributed by atoms with Crippen LogP contribution in [0.4, 0.5) is 0 Å². The number of rotatable bonds is 7. The Morgan fingerprint density at radius 2 is 1.82 bits per heavy atom. The first kappa shape index (κ1) is 26.4. The lowest BCUT2D eigenvalue weighted by atomic mass is 10.0. The number of hydrogen-bond donors (Lipinski definition) is 1. The number of amides is 2. The molecule has 1 unspecified atom stereocenters. The summed E-state index contributed by atoms with van der Waals surface area (Å²) < 4.78 is 5.73. The Morgan fingerprint density at radius 3 is 2.55 bits per heavy atom. The third-order valence-electron chi connectivity index (χ3n) is 8.26. The number of nitriles is 1. The number of hydrogen-bond acceptors (Lipinski definition) is 6. The van der Waals surface area contributed by atoms with Crippen molar-refractivity contribution in [1.29, 1.82) is 5.26 Å². The quantitative estimate of drug-likeness (QED) is 0.608. The summed E-state index contributed by atoms with van der Waals surface area (Å²) in [5.41, 5.74) is 8.63. The highest BCUT2D eigenvalue weighted by molar-refractivity contribution is 5.91. The second kappa shape index (κ2) is 12.1. The minimum atomic E-state index is -0.816. The fourth-order valence-corrected chi connectivity index (χ4v) is 6.32. The largest absolute Gasteiger partial charge is 0.377 e. The van der Waals surface area contributed by atoms with Gasteiger partial charge in [0.1, 0.15) is 6.04 Å². The van der Waals surface area contributed by atoms with Gasteiger partial charge in [-0.05, 0) is 36.8 Å². The summed E-state index contributed by atoms with van der Waals surface area (Å²) >= 11 is 0. The van der Waals surface area contributed by atoms with E-state index >= 15 is 0 Å². The Kier molecular flexibility index (Phi) is 8.38. The standard InChI is InChI=1S/C30H37N5O3/c31-15-13-26(29(36)34-17-18-38-21-28(34)23-9-5-2-6-10-23)33-16-14-25(12-11-22-7-3-1-4-8-22)35-20-24(32)19-27(35)30(33)37/h1-10,24-28H,11-14,16-21,32H2/t24-,25?,26-,27+,28+/m1/s1. The van der Waals surface area contributed by atoms with Gasteiger partial charge in [-0.1, -0.05) is 60.7 Å². The first-order valence-corrected chi connectivity index (χ1v) is 13.7. The van der Waals surface area contributed by atoms with Crippen LogP contribution in [0.3, 0.4) is 0 Å². The van der Waals surface area contributed by atoms with Crippen molar-refractivity contribution in [2.75, 3.05) is 32.8 Å². The molecular formula is C30H37N5O3. The normalized spacial score (nSPS) is 26.9. The van der Waals surface area contributed by atoms with Gasteiger partial charge >= 0.3 is 0 Å². The lowest BCUT2D eigenvalue weighted by molar-refractivity contribution is -0.152. The minimum Gasteiger partial charge on any atom is -0.377 e. The van der Waals surface area contributed by atoms with Crippen LogP contribution in [0.25, 0.3) is 0 Å². The van der Waals surface area contributed by atoms with E-state index in [1.165, 1.54) is 5.56 Å². The van der Waals surface area contributed by atoms with Crippen LogP contribution in [-0.2, 0) is 20.7 Å².